The van der Waals surface area contributed by atoms with E-state index in [-0.39, 0.29) is 23.0 Å². The molecule has 7 N–H and O–H groups in total. The zero-order valence-electron chi connectivity index (χ0n) is 24.9. The first-order valence-electron chi connectivity index (χ1n) is 13.6. The van der Waals surface area contributed by atoms with Gasteiger partial charge in [-0.25, -0.2) is 4.99 Å². The Morgan fingerprint density at radius 1 is 0.796 bits per heavy atom. The number of aromatic hydroxyl groups is 1. The molecule has 21 heteroatoms. The van der Waals surface area contributed by atoms with Gasteiger partial charge >= 0.3 is 0 Å². The van der Waals surface area contributed by atoms with E-state index in [1.54, 1.807) is 0 Å². The van der Waals surface area contributed by atoms with Crippen LogP contribution < -0.4 is 38.0 Å². The summed E-state index contributed by atoms with van der Waals surface area (Å²) in [5.41, 5.74) is 0.0751. The standard InChI is InChI=1S/C28H23N5O13S3/c1-3-33-27(36)23(12(2)26(28(33)37)49(44,45)46)32-31-16-9-8-13(10-18(16)47(38,39)40)30-17-11-19(48(41,42)43)22(29)21-20(17)24(34)14-6-4-5-7-15(14)25(21)35/h4-11,29,31-32,37H,3H2,1-2H3,(H,38,39,40)(H,41,42,43)(H,44,45,46). The predicted molar refractivity (Wildman–Crippen MR) is 171 cm³/mol. The van der Waals surface area contributed by atoms with E-state index in [0.29, 0.717) is 10.6 Å². The van der Waals surface area contributed by atoms with Crippen molar-refractivity contribution in [3.8, 4) is 5.88 Å². The molecule has 18 nitrogen and oxygen atoms in total. The van der Waals surface area contributed by atoms with Crippen LogP contribution in [0.1, 0.15) is 12.5 Å². The molecule has 1 aromatic heterocycles. The normalized spacial score (nSPS) is 12.9. The van der Waals surface area contributed by atoms with Crippen LogP contribution in [0.5, 0.6) is 5.88 Å². The van der Waals surface area contributed by atoms with Crippen LogP contribution >= 0.6 is 0 Å². The number of anilines is 2. The van der Waals surface area contributed by atoms with Gasteiger partial charge < -0.3 is 5.11 Å². The summed E-state index contributed by atoms with van der Waals surface area (Å²) in [6.07, 6.45) is 0. The molecule has 2 aliphatic rings. The van der Waals surface area contributed by atoms with Gasteiger partial charge in [0.2, 0.25) is 5.88 Å². The van der Waals surface area contributed by atoms with E-state index in [9.17, 15) is 58.4 Å². The molecule has 0 aliphatic heterocycles. The SMILES string of the molecule is CCn1c(O)c(S(=O)(=O)O)c(C)c(NNc2ccc(N=c3cc(S(=O)(=O)O)c(=N)c4c(=O)c5ccccc5c(=O)c3=4)cc2S(=O)(=O)O)c1=O. The number of hydrogen-bond acceptors (Lipinski definition) is 14. The monoisotopic (exact) mass is 733 g/mol. The Labute approximate surface area is 274 Å². The lowest BCUT2D eigenvalue weighted by Gasteiger charge is -2.18. The molecule has 0 saturated heterocycles. The zero-order valence-corrected chi connectivity index (χ0v) is 27.4. The first-order chi connectivity index (χ1) is 22.7. The predicted octanol–water partition coefficient (Wildman–Crippen LogP) is 0.247. The van der Waals surface area contributed by atoms with Gasteiger partial charge in [-0.15, -0.1) is 0 Å². The van der Waals surface area contributed by atoms with Crippen LogP contribution in [0, 0.1) is 22.8 Å². The molecule has 0 saturated carbocycles. The van der Waals surface area contributed by atoms with E-state index in [1.165, 1.54) is 31.2 Å². The lowest BCUT2D eigenvalue weighted by molar-refractivity contribution is 0.388. The molecule has 0 amide bonds. The summed E-state index contributed by atoms with van der Waals surface area (Å²) in [6.45, 7) is 2.20. The van der Waals surface area contributed by atoms with Gasteiger partial charge in [-0.1, -0.05) is 24.3 Å². The molecule has 0 fully saturated rings. The summed E-state index contributed by atoms with van der Waals surface area (Å²) in [5.74, 6) is -1.05. The second-order valence-electron chi connectivity index (χ2n) is 10.4. The molecule has 0 radical (unpaired) electrons. The number of fused-ring (bicyclic) bond motifs is 1. The van der Waals surface area contributed by atoms with Gasteiger partial charge in [-0.3, -0.25) is 48.9 Å². The molecule has 1 heterocycles. The maximum Gasteiger partial charge on any atom is 0.300 e. The quantitative estimate of drug-likeness (QED) is 0.0830. The lowest BCUT2D eigenvalue weighted by atomic mass is 10.0. The molecule has 5 rings (SSSR count). The fraction of sp³-hybridized carbons (Fsp3) is 0.107. The van der Waals surface area contributed by atoms with E-state index in [2.05, 4.69) is 15.8 Å². The van der Waals surface area contributed by atoms with Gasteiger partial charge in [0.05, 0.1) is 32.5 Å². The van der Waals surface area contributed by atoms with Crippen molar-refractivity contribution >= 4 is 58.2 Å². The van der Waals surface area contributed by atoms with Gasteiger partial charge in [0.25, 0.3) is 35.9 Å². The van der Waals surface area contributed by atoms with Gasteiger partial charge in [0, 0.05) is 22.9 Å². The highest BCUT2D eigenvalue weighted by Gasteiger charge is 2.27. The Hall–Kier alpha value is -5.32. The van der Waals surface area contributed by atoms with E-state index < -0.39 is 105 Å². The smallest absolute Gasteiger partial charge is 0.300 e. The van der Waals surface area contributed by atoms with Crippen molar-refractivity contribution in [3.05, 3.63) is 106 Å². The van der Waals surface area contributed by atoms with Crippen molar-refractivity contribution in [1.29, 1.82) is 5.41 Å². The maximum absolute atomic E-state index is 13.5. The second kappa shape index (κ2) is 12.0. The maximum atomic E-state index is 13.5. The topological polar surface area (TPSA) is 300 Å². The number of hydrogen-bond donors (Lipinski definition) is 7. The van der Waals surface area contributed by atoms with Crippen molar-refractivity contribution in [3.63, 3.8) is 0 Å². The highest BCUT2D eigenvalue weighted by Crippen LogP contribution is 2.30. The van der Waals surface area contributed by atoms with Gasteiger partial charge in [-0.05, 0) is 38.1 Å². The van der Waals surface area contributed by atoms with Crippen LogP contribution in [-0.2, 0) is 36.9 Å². The summed E-state index contributed by atoms with van der Waals surface area (Å²) in [6, 6.07) is 8.97. The first kappa shape index (κ1) is 35.0. The molecular formula is C28H23N5O13S3. The van der Waals surface area contributed by atoms with E-state index >= 15 is 0 Å². The molecule has 3 aromatic rings. The third kappa shape index (κ3) is 6.09. The Bertz CT molecular complexity index is 2950. The second-order valence-corrected chi connectivity index (χ2v) is 14.5. The summed E-state index contributed by atoms with van der Waals surface area (Å²) >= 11 is 0. The molecule has 2 aromatic carbocycles. The third-order valence-electron chi connectivity index (χ3n) is 7.44. The highest BCUT2D eigenvalue weighted by molar-refractivity contribution is 7.86. The van der Waals surface area contributed by atoms with Crippen molar-refractivity contribution < 1.29 is 44.0 Å². The third-order valence-corrected chi connectivity index (χ3v) is 10.2. The van der Waals surface area contributed by atoms with Crippen LogP contribution in [0.3, 0.4) is 0 Å². The molecule has 0 atom stereocenters. The minimum absolute atomic E-state index is 0.0940. The van der Waals surface area contributed by atoms with Crippen molar-refractivity contribution in [2.24, 2.45) is 4.99 Å². The Morgan fingerprint density at radius 2 is 1.37 bits per heavy atom. The number of nitrogens with zero attached hydrogens (tertiary/aromatic N) is 2. The van der Waals surface area contributed by atoms with Gasteiger partial charge in [0.15, 0.2) is 15.8 Å². The van der Waals surface area contributed by atoms with Crippen molar-refractivity contribution in [2.75, 3.05) is 10.9 Å². The average molecular weight is 734 g/mol. The number of nitrogens with one attached hydrogen (secondary N) is 3. The number of hydrazine groups is 1. The molecule has 49 heavy (non-hydrogen) atoms. The van der Waals surface area contributed by atoms with Crippen molar-refractivity contribution in [1.82, 2.24) is 4.57 Å². The first-order valence-corrected chi connectivity index (χ1v) is 17.9. The zero-order chi connectivity index (χ0) is 36.4. The number of aromatic nitrogens is 1. The highest BCUT2D eigenvalue weighted by atomic mass is 32.2. The van der Waals surface area contributed by atoms with Crippen LogP contribution in [0.15, 0.2) is 82.6 Å². The minimum atomic E-state index is -5.16. The molecule has 2 aliphatic carbocycles. The van der Waals surface area contributed by atoms with E-state index in [0.717, 1.165) is 25.1 Å². The molecule has 256 valence electrons. The van der Waals surface area contributed by atoms with Crippen LogP contribution in [-0.4, -0.2) is 48.6 Å². The minimum Gasteiger partial charge on any atom is -0.493 e. The Balaban J connectivity index is 1.76. The number of benzene rings is 2. The molecule has 0 spiro atoms. The summed E-state index contributed by atoms with van der Waals surface area (Å²) in [4.78, 5) is 41.0. The summed E-state index contributed by atoms with van der Waals surface area (Å²) in [7, 11) is -15.4. The lowest BCUT2D eigenvalue weighted by Crippen LogP contribution is -2.32. The fourth-order valence-electron chi connectivity index (χ4n) is 5.25. The van der Waals surface area contributed by atoms with Crippen LogP contribution in [0.4, 0.5) is 17.1 Å². The number of rotatable bonds is 8. The largest absolute Gasteiger partial charge is 0.493 e. The summed E-state index contributed by atoms with van der Waals surface area (Å²) < 4.78 is 103. The van der Waals surface area contributed by atoms with E-state index in [1.807, 2.05) is 0 Å². The molecular weight excluding hydrogens is 711 g/mol. The van der Waals surface area contributed by atoms with Gasteiger partial charge in [0.1, 0.15) is 15.5 Å². The Morgan fingerprint density at radius 3 is 1.90 bits per heavy atom. The average Bonchev–Trinajstić information content (AvgIpc) is 2.99. The van der Waals surface area contributed by atoms with Crippen LogP contribution in [0.25, 0.3) is 10.8 Å². The van der Waals surface area contributed by atoms with Crippen molar-refractivity contribution in [2.45, 2.75) is 35.1 Å². The Kier molecular flexibility index (Phi) is 8.55. The van der Waals surface area contributed by atoms with Gasteiger partial charge in [-0.2, -0.15) is 25.3 Å². The molecule has 0 bridgehead atoms. The molecule has 0 unspecified atom stereocenters. The number of pyridine rings is 1. The summed E-state index contributed by atoms with van der Waals surface area (Å²) in [5, 5.41) is 15.7. The van der Waals surface area contributed by atoms with Crippen LogP contribution in [0.2, 0.25) is 0 Å². The van der Waals surface area contributed by atoms with E-state index in [4.69, 9.17) is 5.41 Å². The fourth-order valence-corrected chi connectivity index (χ4v) is 7.37.